The minimum Gasteiger partial charge on any atom is -0.324 e. The molecule has 84 valence electrons. The average molecular weight is 207 g/mol. The molecule has 1 unspecified atom stereocenters. The lowest BCUT2D eigenvalue weighted by molar-refractivity contribution is 0.504. The molecule has 2 N–H and O–H groups in total. The van der Waals surface area contributed by atoms with Gasteiger partial charge in [0.15, 0.2) is 0 Å². The SMILES string of the molecule is Cc1cc(C(N)CCC(C)C)c(C)nn1. The lowest BCUT2D eigenvalue weighted by Crippen LogP contribution is -2.14. The van der Waals surface area contributed by atoms with Gasteiger partial charge >= 0.3 is 0 Å². The van der Waals surface area contributed by atoms with Gasteiger partial charge in [-0.05, 0) is 44.2 Å². The van der Waals surface area contributed by atoms with Gasteiger partial charge in [-0.2, -0.15) is 10.2 Å². The van der Waals surface area contributed by atoms with Crippen molar-refractivity contribution in [2.24, 2.45) is 11.7 Å². The zero-order valence-electron chi connectivity index (χ0n) is 10.1. The van der Waals surface area contributed by atoms with E-state index in [1.165, 1.54) is 0 Å². The Balaban J connectivity index is 2.72. The summed E-state index contributed by atoms with van der Waals surface area (Å²) in [6, 6.07) is 2.15. The maximum absolute atomic E-state index is 6.15. The van der Waals surface area contributed by atoms with Crippen LogP contribution in [0.2, 0.25) is 0 Å². The monoisotopic (exact) mass is 207 g/mol. The number of aryl methyl sites for hydroxylation is 2. The third kappa shape index (κ3) is 3.59. The maximum atomic E-state index is 6.15. The summed E-state index contributed by atoms with van der Waals surface area (Å²) in [5.74, 6) is 0.701. The topological polar surface area (TPSA) is 51.8 Å². The van der Waals surface area contributed by atoms with Crippen molar-refractivity contribution in [1.29, 1.82) is 0 Å². The average Bonchev–Trinajstić information content (AvgIpc) is 2.18. The van der Waals surface area contributed by atoms with Gasteiger partial charge in [-0.15, -0.1) is 0 Å². The number of aromatic nitrogens is 2. The fraction of sp³-hybridized carbons (Fsp3) is 0.667. The largest absolute Gasteiger partial charge is 0.324 e. The Labute approximate surface area is 92.1 Å². The number of nitrogens with zero attached hydrogens (tertiary/aromatic N) is 2. The van der Waals surface area contributed by atoms with E-state index in [0.29, 0.717) is 5.92 Å². The van der Waals surface area contributed by atoms with Crippen molar-refractivity contribution in [1.82, 2.24) is 10.2 Å². The van der Waals surface area contributed by atoms with Crippen LogP contribution >= 0.6 is 0 Å². The van der Waals surface area contributed by atoms with Crippen LogP contribution in [0.4, 0.5) is 0 Å². The molecule has 0 fully saturated rings. The summed E-state index contributed by atoms with van der Waals surface area (Å²) in [5.41, 5.74) is 9.18. The van der Waals surface area contributed by atoms with Crippen molar-refractivity contribution in [3.05, 3.63) is 23.0 Å². The van der Waals surface area contributed by atoms with Crippen LogP contribution in [-0.4, -0.2) is 10.2 Å². The highest BCUT2D eigenvalue weighted by atomic mass is 15.1. The molecule has 0 bridgehead atoms. The number of rotatable bonds is 4. The molecule has 0 aromatic carbocycles. The summed E-state index contributed by atoms with van der Waals surface area (Å²) >= 11 is 0. The summed E-state index contributed by atoms with van der Waals surface area (Å²) in [6.07, 6.45) is 2.17. The zero-order chi connectivity index (χ0) is 11.4. The number of hydrogen-bond acceptors (Lipinski definition) is 3. The van der Waals surface area contributed by atoms with E-state index >= 15 is 0 Å². The Kier molecular flexibility index (Phi) is 4.21. The predicted molar refractivity (Wildman–Crippen MR) is 62.5 cm³/mol. The van der Waals surface area contributed by atoms with Crippen molar-refractivity contribution in [2.45, 2.75) is 46.6 Å². The molecule has 0 aliphatic carbocycles. The van der Waals surface area contributed by atoms with Crippen LogP contribution in [0.25, 0.3) is 0 Å². The van der Waals surface area contributed by atoms with Gasteiger partial charge in [-0.25, -0.2) is 0 Å². The fourth-order valence-electron chi connectivity index (χ4n) is 1.61. The van der Waals surface area contributed by atoms with Crippen LogP contribution in [0.1, 0.15) is 49.7 Å². The first-order valence-corrected chi connectivity index (χ1v) is 5.57. The molecule has 0 aliphatic rings. The molecular weight excluding hydrogens is 186 g/mol. The van der Waals surface area contributed by atoms with E-state index in [0.717, 1.165) is 29.8 Å². The second-order valence-corrected chi connectivity index (χ2v) is 4.60. The quantitative estimate of drug-likeness (QED) is 0.825. The van der Waals surface area contributed by atoms with E-state index in [-0.39, 0.29) is 6.04 Å². The number of hydrogen-bond donors (Lipinski definition) is 1. The van der Waals surface area contributed by atoms with Crippen molar-refractivity contribution in [3.8, 4) is 0 Å². The molecule has 1 aromatic heterocycles. The molecule has 0 saturated carbocycles. The lowest BCUT2D eigenvalue weighted by Gasteiger charge is -2.15. The zero-order valence-corrected chi connectivity index (χ0v) is 10.1. The Morgan fingerprint density at radius 1 is 1.20 bits per heavy atom. The highest BCUT2D eigenvalue weighted by Gasteiger charge is 2.11. The molecule has 3 nitrogen and oxygen atoms in total. The fourth-order valence-corrected chi connectivity index (χ4v) is 1.61. The molecule has 1 aromatic rings. The highest BCUT2D eigenvalue weighted by Crippen LogP contribution is 2.20. The van der Waals surface area contributed by atoms with Crippen molar-refractivity contribution in [2.75, 3.05) is 0 Å². The first kappa shape index (κ1) is 12.1. The van der Waals surface area contributed by atoms with Gasteiger partial charge in [0.05, 0.1) is 11.4 Å². The van der Waals surface area contributed by atoms with Crippen LogP contribution in [-0.2, 0) is 0 Å². The van der Waals surface area contributed by atoms with E-state index in [4.69, 9.17) is 5.73 Å². The normalized spacial score (nSPS) is 13.2. The first-order valence-electron chi connectivity index (χ1n) is 5.57. The van der Waals surface area contributed by atoms with Crippen molar-refractivity contribution in [3.63, 3.8) is 0 Å². The van der Waals surface area contributed by atoms with Crippen molar-refractivity contribution >= 4 is 0 Å². The summed E-state index contributed by atoms with van der Waals surface area (Å²) < 4.78 is 0. The Morgan fingerprint density at radius 3 is 2.47 bits per heavy atom. The molecule has 3 heteroatoms. The molecule has 1 rings (SSSR count). The molecule has 15 heavy (non-hydrogen) atoms. The van der Waals surface area contributed by atoms with Crippen LogP contribution in [0.15, 0.2) is 6.07 Å². The second-order valence-electron chi connectivity index (χ2n) is 4.60. The van der Waals surface area contributed by atoms with Crippen LogP contribution in [0.3, 0.4) is 0 Å². The van der Waals surface area contributed by atoms with Gasteiger partial charge < -0.3 is 5.73 Å². The Bertz CT molecular complexity index is 321. The lowest BCUT2D eigenvalue weighted by atomic mass is 9.97. The van der Waals surface area contributed by atoms with E-state index in [1.54, 1.807) is 0 Å². The van der Waals surface area contributed by atoms with E-state index < -0.39 is 0 Å². The third-order valence-electron chi connectivity index (χ3n) is 2.59. The molecule has 0 amide bonds. The van der Waals surface area contributed by atoms with Crippen molar-refractivity contribution < 1.29 is 0 Å². The van der Waals surface area contributed by atoms with Gasteiger partial charge in [-0.3, -0.25) is 0 Å². The first-order chi connectivity index (χ1) is 7.00. The molecular formula is C12H21N3. The summed E-state index contributed by atoms with van der Waals surface area (Å²) in [5, 5.41) is 8.11. The van der Waals surface area contributed by atoms with E-state index in [9.17, 15) is 0 Å². The minimum absolute atomic E-state index is 0.0987. The van der Waals surface area contributed by atoms with Gasteiger partial charge in [0.25, 0.3) is 0 Å². The number of nitrogens with two attached hydrogens (primary N) is 1. The molecule has 1 heterocycles. The summed E-state index contributed by atoms with van der Waals surface area (Å²) in [6.45, 7) is 8.35. The van der Waals surface area contributed by atoms with Gasteiger partial charge in [0.2, 0.25) is 0 Å². The minimum atomic E-state index is 0.0987. The summed E-state index contributed by atoms with van der Waals surface area (Å²) in [4.78, 5) is 0. The Morgan fingerprint density at radius 2 is 1.87 bits per heavy atom. The third-order valence-corrected chi connectivity index (χ3v) is 2.59. The highest BCUT2D eigenvalue weighted by molar-refractivity contribution is 5.23. The second kappa shape index (κ2) is 5.21. The Hall–Kier alpha value is -0.960. The molecule has 1 atom stereocenters. The van der Waals surface area contributed by atoms with E-state index in [2.05, 4.69) is 24.0 Å². The van der Waals surface area contributed by atoms with E-state index in [1.807, 2.05) is 19.9 Å². The molecule has 0 saturated heterocycles. The summed E-state index contributed by atoms with van der Waals surface area (Å²) in [7, 11) is 0. The maximum Gasteiger partial charge on any atom is 0.0648 e. The van der Waals surface area contributed by atoms with Gasteiger partial charge in [0, 0.05) is 6.04 Å². The van der Waals surface area contributed by atoms with Gasteiger partial charge in [0.1, 0.15) is 0 Å². The smallest absolute Gasteiger partial charge is 0.0648 e. The van der Waals surface area contributed by atoms with Crippen LogP contribution in [0.5, 0.6) is 0 Å². The van der Waals surface area contributed by atoms with Crippen LogP contribution in [0, 0.1) is 19.8 Å². The molecule has 0 spiro atoms. The van der Waals surface area contributed by atoms with Crippen LogP contribution < -0.4 is 5.73 Å². The standard InChI is InChI=1S/C12H21N3/c1-8(2)5-6-12(13)11-7-9(3)14-15-10(11)4/h7-8,12H,5-6,13H2,1-4H3. The molecule has 0 radical (unpaired) electrons. The predicted octanol–water partition coefficient (Wildman–Crippen LogP) is 2.53. The van der Waals surface area contributed by atoms with Gasteiger partial charge in [-0.1, -0.05) is 13.8 Å². The molecule has 0 aliphatic heterocycles.